The van der Waals surface area contributed by atoms with Gasteiger partial charge in [-0.05, 0) is 61.6 Å². The lowest BCUT2D eigenvalue weighted by Crippen LogP contribution is -2.36. The third-order valence-electron chi connectivity index (χ3n) is 4.73. The Balaban J connectivity index is 1.74. The molecular formula is C19H28N2O. The molecule has 1 aromatic rings. The number of aryl methyl sites for hydroxylation is 1. The predicted molar refractivity (Wildman–Crippen MR) is 91.0 cm³/mol. The second-order valence-electron chi connectivity index (χ2n) is 7.42. The van der Waals surface area contributed by atoms with Gasteiger partial charge in [0.2, 0.25) is 5.91 Å². The van der Waals surface area contributed by atoms with Crippen molar-refractivity contribution in [1.82, 2.24) is 0 Å². The van der Waals surface area contributed by atoms with Crippen LogP contribution in [0.1, 0.15) is 50.7 Å². The Bertz CT molecular complexity index is 548. The first-order chi connectivity index (χ1) is 10.5. The molecule has 1 atom stereocenters. The van der Waals surface area contributed by atoms with Gasteiger partial charge in [-0.15, -0.1) is 0 Å². The molecule has 22 heavy (non-hydrogen) atoms. The van der Waals surface area contributed by atoms with E-state index in [0.717, 1.165) is 50.8 Å². The van der Waals surface area contributed by atoms with Crippen molar-refractivity contribution in [3.63, 3.8) is 0 Å². The summed E-state index contributed by atoms with van der Waals surface area (Å²) in [7, 11) is 0. The number of amides is 1. The molecule has 0 bridgehead atoms. The Labute approximate surface area is 133 Å². The minimum absolute atomic E-state index is 0.228. The summed E-state index contributed by atoms with van der Waals surface area (Å²) in [6.45, 7) is 5.32. The maximum atomic E-state index is 12.4. The van der Waals surface area contributed by atoms with Gasteiger partial charge in [0.1, 0.15) is 0 Å². The fraction of sp³-hybridized carbons (Fsp3) is 0.632. The van der Waals surface area contributed by atoms with Gasteiger partial charge in [-0.25, -0.2) is 0 Å². The Morgan fingerprint density at radius 2 is 2.14 bits per heavy atom. The normalized spacial score (nSPS) is 19.2. The van der Waals surface area contributed by atoms with Crippen molar-refractivity contribution < 1.29 is 4.79 Å². The third kappa shape index (κ3) is 3.52. The Kier molecular flexibility index (Phi) is 4.53. The molecule has 2 N–H and O–H groups in total. The van der Waals surface area contributed by atoms with Gasteiger partial charge in [0.05, 0.1) is 0 Å². The molecule has 1 aliphatic carbocycles. The van der Waals surface area contributed by atoms with Crippen molar-refractivity contribution in [2.75, 3.05) is 11.4 Å². The Hall–Kier alpha value is -1.35. The van der Waals surface area contributed by atoms with E-state index in [1.165, 1.54) is 11.1 Å². The third-order valence-corrected chi connectivity index (χ3v) is 4.73. The molecule has 1 heterocycles. The van der Waals surface area contributed by atoms with Gasteiger partial charge < -0.3 is 10.6 Å². The van der Waals surface area contributed by atoms with E-state index in [-0.39, 0.29) is 6.04 Å². The number of carbonyl (C=O) groups is 1. The lowest BCUT2D eigenvalue weighted by molar-refractivity contribution is -0.119. The number of nitrogens with zero attached hydrogens (tertiary/aromatic N) is 1. The van der Waals surface area contributed by atoms with Gasteiger partial charge in [0, 0.05) is 24.2 Å². The van der Waals surface area contributed by atoms with Crippen LogP contribution in [0, 0.1) is 11.8 Å². The summed E-state index contributed by atoms with van der Waals surface area (Å²) in [5, 5.41) is 0. The van der Waals surface area contributed by atoms with Crippen molar-refractivity contribution in [3.8, 4) is 0 Å². The summed E-state index contributed by atoms with van der Waals surface area (Å²) in [5.74, 6) is 1.27. The molecule has 3 rings (SSSR count). The highest BCUT2D eigenvalue weighted by atomic mass is 16.2. The maximum absolute atomic E-state index is 12.4. The van der Waals surface area contributed by atoms with Crippen LogP contribution >= 0.6 is 0 Å². The van der Waals surface area contributed by atoms with E-state index in [1.54, 1.807) is 0 Å². The van der Waals surface area contributed by atoms with Crippen molar-refractivity contribution in [2.24, 2.45) is 17.6 Å². The molecule has 1 amide bonds. The molecule has 3 nitrogen and oxygen atoms in total. The van der Waals surface area contributed by atoms with E-state index in [4.69, 9.17) is 5.73 Å². The number of carbonyl (C=O) groups excluding carboxylic acids is 1. The zero-order valence-corrected chi connectivity index (χ0v) is 13.8. The number of hydrogen-bond acceptors (Lipinski definition) is 2. The van der Waals surface area contributed by atoms with E-state index in [9.17, 15) is 4.79 Å². The van der Waals surface area contributed by atoms with Crippen LogP contribution in [0.15, 0.2) is 18.2 Å². The number of rotatable bonds is 5. The van der Waals surface area contributed by atoms with E-state index in [2.05, 4.69) is 32.0 Å². The van der Waals surface area contributed by atoms with Gasteiger partial charge in [-0.3, -0.25) is 4.79 Å². The van der Waals surface area contributed by atoms with E-state index < -0.39 is 0 Å². The molecule has 0 radical (unpaired) electrons. The molecule has 2 aliphatic rings. The molecule has 1 aromatic carbocycles. The maximum Gasteiger partial charge on any atom is 0.230 e. The fourth-order valence-corrected chi connectivity index (χ4v) is 3.55. The van der Waals surface area contributed by atoms with Crippen LogP contribution in [-0.4, -0.2) is 18.5 Å². The molecule has 0 spiro atoms. The van der Waals surface area contributed by atoms with Gasteiger partial charge in [-0.2, -0.15) is 0 Å². The van der Waals surface area contributed by atoms with E-state index in [1.807, 2.05) is 4.90 Å². The first kappa shape index (κ1) is 15.5. The lowest BCUT2D eigenvalue weighted by atomic mass is 9.94. The van der Waals surface area contributed by atoms with Crippen molar-refractivity contribution >= 4 is 11.6 Å². The number of hydrogen-bond donors (Lipinski definition) is 1. The molecule has 3 heteroatoms. The minimum Gasteiger partial charge on any atom is -0.327 e. The van der Waals surface area contributed by atoms with Gasteiger partial charge in [0.15, 0.2) is 0 Å². The van der Waals surface area contributed by atoms with Crippen LogP contribution < -0.4 is 10.6 Å². The van der Waals surface area contributed by atoms with Crippen LogP contribution in [0.2, 0.25) is 0 Å². The topological polar surface area (TPSA) is 46.3 Å². The SMILES string of the molecule is CC(C)CC(N)Cc1ccc2c(c1)CCCN2C(=O)C1CC1. The number of fused-ring (bicyclic) bond motifs is 1. The van der Waals surface area contributed by atoms with Crippen LogP contribution in [0.3, 0.4) is 0 Å². The smallest absolute Gasteiger partial charge is 0.230 e. The zero-order valence-electron chi connectivity index (χ0n) is 13.8. The summed E-state index contributed by atoms with van der Waals surface area (Å²) in [4.78, 5) is 14.4. The van der Waals surface area contributed by atoms with E-state index in [0.29, 0.717) is 17.7 Å². The van der Waals surface area contributed by atoms with E-state index >= 15 is 0 Å². The first-order valence-corrected chi connectivity index (χ1v) is 8.73. The monoisotopic (exact) mass is 300 g/mol. The number of benzene rings is 1. The number of anilines is 1. The summed E-state index contributed by atoms with van der Waals surface area (Å²) in [6.07, 6.45) is 6.30. The molecule has 1 unspecified atom stereocenters. The lowest BCUT2D eigenvalue weighted by Gasteiger charge is -2.30. The highest BCUT2D eigenvalue weighted by molar-refractivity contribution is 5.97. The summed E-state index contributed by atoms with van der Waals surface area (Å²) in [6, 6.07) is 6.82. The number of nitrogens with two attached hydrogens (primary N) is 1. The molecular weight excluding hydrogens is 272 g/mol. The first-order valence-electron chi connectivity index (χ1n) is 8.73. The van der Waals surface area contributed by atoms with Crippen LogP contribution in [0.25, 0.3) is 0 Å². The van der Waals surface area contributed by atoms with Gasteiger partial charge >= 0.3 is 0 Å². The fourth-order valence-electron chi connectivity index (χ4n) is 3.55. The highest BCUT2D eigenvalue weighted by Gasteiger charge is 2.35. The average Bonchev–Trinajstić information content (AvgIpc) is 3.29. The van der Waals surface area contributed by atoms with Crippen molar-refractivity contribution in [2.45, 2.75) is 58.4 Å². The Morgan fingerprint density at radius 1 is 1.36 bits per heavy atom. The minimum atomic E-state index is 0.228. The second-order valence-corrected chi connectivity index (χ2v) is 7.42. The van der Waals surface area contributed by atoms with Gasteiger partial charge in [-0.1, -0.05) is 26.0 Å². The Morgan fingerprint density at radius 3 is 2.82 bits per heavy atom. The highest BCUT2D eigenvalue weighted by Crippen LogP contribution is 2.36. The average molecular weight is 300 g/mol. The van der Waals surface area contributed by atoms with Crippen molar-refractivity contribution in [3.05, 3.63) is 29.3 Å². The van der Waals surface area contributed by atoms with Gasteiger partial charge in [0.25, 0.3) is 0 Å². The molecule has 1 saturated carbocycles. The summed E-state index contributed by atoms with van der Waals surface area (Å²) >= 11 is 0. The predicted octanol–water partition coefficient (Wildman–Crippen LogP) is 3.29. The quantitative estimate of drug-likeness (QED) is 0.907. The molecule has 120 valence electrons. The summed E-state index contributed by atoms with van der Waals surface area (Å²) in [5.41, 5.74) is 10.0. The van der Waals surface area contributed by atoms with Crippen LogP contribution in [-0.2, 0) is 17.6 Å². The van der Waals surface area contributed by atoms with Crippen LogP contribution in [0.5, 0.6) is 0 Å². The second kappa shape index (κ2) is 6.41. The molecule has 1 fully saturated rings. The molecule has 0 saturated heterocycles. The van der Waals surface area contributed by atoms with Crippen molar-refractivity contribution in [1.29, 1.82) is 0 Å². The standard InChI is InChI=1S/C19H28N2O/c1-13(2)10-17(20)12-14-5-8-18-16(11-14)4-3-9-21(18)19(22)15-6-7-15/h5,8,11,13,15,17H,3-4,6-7,9-10,12,20H2,1-2H3. The molecule has 0 aromatic heterocycles. The zero-order chi connectivity index (χ0) is 15.7. The summed E-state index contributed by atoms with van der Waals surface area (Å²) < 4.78 is 0. The molecule has 1 aliphatic heterocycles. The van der Waals surface area contributed by atoms with Crippen LogP contribution in [0.4, 0.5) is 5.69 Å². The largest absolute Gasteiger partial charge is 0.327 e.